The summed E-state index contributed by atoms with van der Waals surface area (Å²) in [5.74, 6) is 0.993. The summed E-state index contributed by atoms with van der Waals surface area (Å²) in [6.45, 7) is 17.5. The van der Waals surface area contributed by atoms with E-state index in [1.165, 1.54) is 0 Å². The molecule has 37 heavy (non-hydrogen) atoms. The summed E-state index contributed by atoms with van der Waals surface area (Å²) in [5.41, 5.74) is 5.87. The molecule has 1 unspecified atom stereocenters. The normalized spacial score (nSPS) is 39.8. The summed E-state index contributed by atoms with van der Waals surface area (Å²) in [4.78, 5) is 29.0. The number of aliphatic hydroxyl groups is 1. The number of rotatable bonds is 10. The minimum atomic E-state index is -0.390. The highest BCUT2D eigenvalue weighted by atomic mass is 16.3. The van der Waals surface area contributed by atoms with Crippen molar-refractivity contribution >= 4 is 11.7 Å². The summed E-state index contributed by atoms with van der Waals surface area (Å²) in [7, 11) is 4.14. The van der Waals surface area contributed by atoms with Gasteiger partial charge in [0.1, 0.15) is 5.78 Å². The molecule has 0 aliphatic heterocycles. The Balaban J connectivity index is 1.89. The Kier molecular flexibility index (Phi) is 9.09. The Labute approximate surface area is 226 Å². The van der Waals surface area contributed by atoms with Crippen LogP contribution < -0.4 is 11.1 Å². The molecule has 0 heterocycles. The highest BCUT2D eigenvalue weighted by Gasteiger charge is 2.68. The van der Waals surface area contributed by atoms with Crippen LogP contribution in [-0.2, 0) is 9.59 Å². The number of carbonyl (C=O) groups is 2. The van der Waals surface area contributed by atoms with Crippen LogP contribution >= 0.6 is 0 Å². The van der Waals surface area contributed by atoms with Crippen molar-refractivity contribution in [1.82, 2.24) is 10.2 Å². The number of ketones is 1. The molecule has 0 radical (unpaired) electrons. The molecule has 11 atom stereocenters. The van der Waals surface area contributed by atoms with Gasteiger partial charge < -0.3 is 21.1 Å². The van der Waals surface area contributed by atoms with Crippen LogP contribution in [0.4, 0.5) is 0 Å². The fourth-order valence-corrected chi connectivity index (χ4v) is 8.80. The molecule has 0 aromatic carbocycles. The Morgan fingerprint density at radius 2 is 1.95 bits per heavy atom. The van der Waals surface area contributed by atoms with E-state index in [4.69, 9.17) is 5.73 Å². The number of fused-ring (bicyclic) bond motifs is 3. The Morgan fingerprint density at radius 1 is 1.30 bits per heavy atom. The second kappa shape index (κ2) is 11.1. The van der Waals surface area contributed by atoms with Gasteiger partial charge >= 0.3 is 0 Å². The number of hydrogen-bond donors (Lipinski definition) is 3. The van der Waals surface area contributed by atoms with E-state index >= 15 is 0 Å². The van der Waals surface area contributed by atoms with Gasteiger partial charge in [0.15, 0.2) is 0 Å². The zero-order chi connectivity index (χ0) is 27.9. The second-order valence-electron chi connectivity index (χ2n) is 13.8. The van der Waals surface area contributed by atoms with Crippen LogP contribution in [0.5, 0.6) is 0 Å². The molecular weight excluding hydrogens is 462 g/mol. The zero-order valence-electron chi connectivity index (χ0n) is 24.8. The Hall–Kier alpha value is -1.24. The molecule has 3 fully saturated rings. The van der Waals surface area contributed by atoms with Crippen molar-refractivity contribution in [2.24, 2.45) is 51.6 Å². The Morgan fingerprint density at radius 3 is 2.49 bits per heavy atom. The molecule has 212 valence electrons. The van der Waals surface area contributed by atoms with Crippen LogP contribution in [0.15, 0.2) is 12.7 Å². The van der Waals surface area contributed by atoms with Gasteiger partial charge in [0.05, 0.1) is 6.10 Å². The molecule has 3 rings (SSSR count). The number of aliphatic hydroxyl groups excluding tert-OH is 1. The van der Waals surface area contributed by atoms with Gasteiger partial charge in [-0.25, -0.2) is 0 Å². The molecular formula is C31H55N3O3. The van der Waals surface area contributed by atoms with E-state index in [1.54, 1.807) is 0 Å². The monoisotopic (exact) mass is 517 g/mol. The topological polar surface area (TPSA) is 95.7 Å². The summed E-state index contributed by atoms with van der Waals surface area (Å²) in [5, 5.41) is 14.7. The molecule has 3 aliphatic rings. The van der Waals surface area contributed by atoms with Crippen molar-refractivity contribution in [2.45, 2.75) is 105 Å². The van der Waals surface area contributed by atoms with Gasteiger partial charge in [-0.05, 0) is 88.8 Å². The van der Waals surface area contributed by atoms with Gasteiger partial charge in [-0.2, -0.15) is 0 Å². The van der Waals surface area contributed by atoms with E-state index in [0.717, 1.165) is 32.1 Å². The first kappa shape index (κ1) is 30.3. The predicted molar refractivity (Wildman–Crippen MR) is 151 cm³/mol. The van der Waals surface area contributed by atoms with Gasteiger partial charge in [-0.15, -0.1) is 6.58 Å². The predicted octanol–water partition coefficient (Wildman–Crippen LogP) is 4.41. The summed E-state index contributed by atoms with van der Waals surface area (Å²) < 4.78 is 0. The van der Waals surface area contributed by atoms with Gasteiger partial charge in [0, 0.05) is 41.7 Å². The maximum atomic E-state index is 13.9. The lowest BCUT2D eigenvalue weighted by Gasteiger charge is -2.59. The lowest BCUT2D eigenvalue weighted by Crippen LogP contribution is -2.59. The maximum Gasteiger partial charge on any atom is 0.223 e. The second-order valence-corrected chi connectivity index (χ2v) is 13.8. The molecule has 6 nitrogen and oxygen atoms in total. The third-order valence-corrected chi connectivity index (χ3v) is 12.0. The molecule has 0 saturated heterocycles. The largest absolute Gasteiger partial charge is 0.393 e. The highest BCUT2D eigenvalue weighted by molar-refractivity contribution is 5.84. The molecule has 6 heteroatoms. The molecule has 0 bridgehead atoms. The first-order valence-electron chi connectivity index (χ1n) is 14.7. The van der Waals surface area contributed by atoms with E-state index < -0.39 is 6.10 Å². The summed E-state index contributed by atoms with van der Waals surface area (Å²) >= 11 is 0. The molecule has 0 aromatic heterocycles. The number of amides is 1. The summed E-state index contributed by atoms with van der Waals surface area (Å²) in [6, 6.07) is 0.105. The molecule has 3 saturated carbocycles. The molecule has 1 amide bonds. The lowest BCUT2D eigenvalue weighted by molar-refractivity contribution is -0.155. The van der Waals surface area contributed by atoms with E-state index in [1.807, 2.05) is 19.9 Å². The summed E-state index contributed by atoms with van der Waals surface area (Å²) in [6.07, 6.45) is 7.04. The fraction of sp³-hybridized carbons (Fsp3) is 0.871. The van der Waals surface area contributed by atoms with Crippen LogP contribution in [0.3, 0.4) is 0 Å². The van der Waals surface area contributed by atoms with Crippen LogP contribution in [-0.4, -0.2) is 60.5 Å². The third-order valence-electron chi connectivity index (χ3n) is 12.0. The van der Waals surface area contributed by atoms with Crippen LogP contribution in [0.25, 0.3) is 0 Å². The van der Waals surface area contributed by atoms with E-state index in [0.29, 0.717) is 25.2 Å². The molecule has 0 spiro atoms. The third kappa shape index (κ3) is 4.96. The minimum absolute atomic E-state index is 0.00189. The maximum absolute atomic E-state index is 13.9. The van der Waals surface area contributed by atoms with Crippen LogP contribution in [0.1, 0.15) is 86.5 Å². The smallest absolute Gasteiger partial charge is 0.223 e. The van der Waals surface area contributed by atoms with Gasteiger partial charge in [0.2, 0.25) is 5.91 Å². The van der Waals surface area contributed by atoms with Gasteiger partial charge in [0.25, 0.3) is 0 Å². The highest BCUT2D eigenvalue weighted by Crippen LogP contribution is 2.69. The standard InChI is InChI=1S/C31H55N3O3/c1-10-12-26(33-28(37)19(3)11-2)29(5,18-32)21-13-14-23-22(15-21)24(35)16-31(7)27(20(4)34(8)9)25(36)17-30(23,31)6/h10,19-23,25-27,36H,1,11-18,32H2,2-9H3,(H,33,37)/t19?,20-,21+,22+,23+,25+,26-,27-,29-,30-,31+/m0/s1. The van der Waals surface area contributed by atoms with Crippen molar-refractivity contribution in [1.29, 1.82) is 0 Å². The number of nitrogens with one attached hydrogen (secondary N) is 1. The first-order chi connectivity index (χ1) is 17.2. The Bertz CT molecular complexity index is 861. The quantitative estimate of drug-likeness (QED) is 0.373. The number of carbonyl (C=O) groups excluding carboxylic acids is 2. The lowest BCUT2D eigenvalue weighted by atomic mass is 9.45. The van der Waals surface area contributed by atoms with E-state index in [-0.39, 0.29) is 63.8 Å². The van der Waals surface area contributed by atoms with E-state index in [2.05, 4.69) is 58.6 Å². The van der Waals surface area contributed by atoms with Crippen molar-refractivity contribution in [3.63, 3.8) is 0 Å². The van der Waals surface area contributed by atoms with Crippen molar-refractivity contribution < 1.29 is 14.7 Å². The molecule has 4 N–H and O–H groups in total. The fourth-order valence-electron chi connectivity index (χ4n) is 8.80. The number of nitrogens with two attached hydrogens (primary N) is 1. The average Bonchev–Trinajstić information content (AvgIpc) is 3.06. The number of hydrogen-bond acceptors (Lipinski definition) is 5. The molecule has 0 aromatic rings. The van der Waals surface area contributed by atoms with Crippen LogP contribution in [0, 0.1) is 45.8 Å². The van der Waals surface area contributed by atoms with Gasteiger partial charge in [-0.3, -0.25) is 9.59 Å². The van der Waals surface area contributed by atoms with Gasteiger partial charge in [-0.1, -0.05) is 40.7 Å². The number of Topliss-reactive ketones (excluding diaryl/α,β-unsaturated/α-hetero) is 1. The van der Waals surface area contributed by atoms with Crippen molar-refractivity contribution in [3.05, 3.63) is 12.7 Å². The average molecular weight is 518 g/mol. The van der Waals surface area contributed by atoms with Crippen LogP contribution in [0.2, 0.25) is 0 Å². The molecule has 3 aliphatic carbocycles. The van der Waals surface area contributed by atoms with Crippen molar-refractivity contribution in [2.75, 3.05) is 20.6 Å². The van der Waals surface area contributed by atoms with Crippen molar-refractivity contribution in [3.8, 4) is 0 Å². The minimum Gasteiger partial charge on any atom is -0.393 e. The number of nitrogens with zero attached hydrogens (tertiary/aromatic N) is 1. The SMILES string of the molecule is C=CC[C@H](NC(=O)C(C)CC)[C@@](C)(CN)[C@@H]1CC[C@@H]2[C@@H](C1)C(=O)C[C@]1(C)[C@@H]([C@H](C)N(C)C)[C@H](O)C[C@@]21C. The zero-order valence-corrected chi connectivity index (χ0v) is 24.8. The first-order valence-corrected chi connectivity index (χ1v) is 14.7. The van der Waals surface area contributed by atoms with E-state index in [9.17, 15) is 14.7 Å².